The van der Waals surface area contributed by atoms with Crippen molar-refractivity contribution in [3.05, 3.63) is 188 Å². The van der Waals surface area contributed by atoms with Crippen LogP contribution in [0.5, 0.6) is 0 Å². The summed E-state index contributed by atoms with van der Waals surface area (Å²) in [5, 5.41) is 4.81. The van der Waals surface area contributed by atoms with Crippen molar-refractivity contribution in [2.75, 3.05) is 4.90 Å². The highest BCUT2D eigenvalue weighted by Gasteiger charge is 2.21. The third kappa shape index (κ3) is 5.18. The predicted octanol–water partition coefficient (Wildman–Crippen LogP) is 14.4. The molecule has 0 aliphatic heterocycles. The molecule has 0 bridgehead atoms. The second-order valence-electron chi connectivity index (χ2n) is 12.9. The number of anilines is 3. The van der Waals surface area contributed by atoms with E-state index >= 15 is 0 Å². The predicted molar refractivity (Wildman–Crippen MR) is 218 cm³/mol. The first kappa shape index (κ1) is 29.5. The molecular formula is C48H31NOS. The van der Waals surface area contributed by atoms with Crippen molar-refractivity contribution < 1.29 is 4.42 Å². The molecule has 0 fully saturated rings. The molecule has 8 aromatic carbocycles. The molecule has 0 amide bonds. The fraction of sp³-hybridized carbons (Fsp3) is 0. The Morgan fingerprint density at radius 2 is 0.902 bits per heavy atom. The van der Waals surface area contributed by atoms with Crippen molar-refractivity contribution in [1.82, 2.24) is 0 Å². The van der Waals surface area contributed by atoms with E-state index in [1.807, 2.05) is 23.5 Å². The maximum Gasteiger partial charge on any atom is 0.135 e. The Morgan fingerprint density at radius 3 is 1.65 bits per heavy atom. The van der Waals surface area contributed by atoms with Crippen molar-refractivity contribution in [1.29, 1.82) is 0 Å². The van der Waals surface area contributed by atoms with Gasteiger partial charge in [-0.3, -0.25) is 0 Å². The molecule has 0 saturated heterocycles. The van der Waals surface area contributed by atoms with Gasteiger partial charge >= 0.3 is 0 Å². The molecule has 0 unspecified atom stereocenters. The first-order valence-corrected chi connectivity index (χ1v) is 18.1. The zero-order valence-corrected chi connectivity index (χ0v) is 28.5. The molecule has 0 N–H and O–H groups in total. The van der Waals surface area contributed by atoms with E-state index in [0.717, 1.165) is 44.6 Å². The van der Waals surface area contributed by atoms with E-state index in [0.29, 0.717) is 0 Å². The summed E-state index contributed by atoms with van der Waals surface area (Å²) in [4.78, 5) is 2.40. The topological polar surface area (TPSA) is 16.4 Å². The number of rotatable bonds is 6. The average molecular weight is 670 g/mol. The third-order valence-electron chi connectivity index (χ3n) is 9.89. The summed E-state index contributed by atoms with van der Waals surface area (Å²) in [6.45, 7) is 0. The van der Waals surface area contributed by atoms with Gasteiger partial charge in [0.2, 0.25) is 0 Å². The number of fused-ring (bicyclic) bond motifs is 6. The average Bonchev–Trinajstić information content (AvgIpc) is 3.76. The van der Waals surface area contributed by atoms with Gasteiger partial charge in [-0.05, 0) is 88.5 Å². The number of hydrogen-bond donors (Lipinski definition) is 0. The normalized spacial score (nSPS) is 11.5. The van der Waals surface area contributed by atoms with Crippen molar-refractivity contribution >= 4 is 70.5 Å². The quantitative estimate of drug-likeness (QED) is 0.175. The lowest BCUT2D eigenvalue weighted by molar-refractivity contribution is 0.669. The van der Waals surface area contributed by atoms with Crippen molar-refractivity contribution in [3.63, 3.8) is 0 Å². The van der Waals surface area contributed by atoms with Crippen molar-refractivity contribution in [2.45, 2.75) is 0 Å². The molecule has 51 heavy (non-hydrogen) atoms. The molecule has 10 aromatic rings. The van der Waals surface area contributed by atoms with E-state index in [1.165, 1.54) is 48.0 Å². The van der Waals surface area contributed by atoms with E-state index in [4.69, 9.17) is 4.42 Å². The Labute approximate surface area is 300 Å². The van der Waals surface area contributed by atoms with Gasteiger partial charge in [-0.15, -0.1) is 11.3 Å². The zero-order chi connectivity index (χ0) is 33.7. The van der Waals surface area contributed by atoms with Gasteiger partial charge in [0.05, 0.1) is 5.69 Å². The van der Waals surface area contributed by atoms with Gasteiger partial charge < -0.3 is 9.32 Å². The molecule has 0 aliphatic carbocycles. The highest BCUT2D eigenvalue weighted by molar-refractivity contribution is 7.25. The standard InChI is InChI=1S/C48H31NOS/c1-3-11-32(12-4-1)33-19-21-34(22-20-33)35-23-26-38(27-24-35)49(37-13-5-2-6-14-37)44-31-48-43(40-16-8-10-18-47(40)51-48)30-41(44)36-25-28-46-42(29-36)39-15-7-9-17-45(39)50-46/h1-31H. The van der Waals surface area contributed by atoms with Gasteiger partial charge in [0.1, 0.15) is 11.2 Å². The Bertz CT molecular complexity index is 2830. The Kier molecular flexibility index (Phi) is 7.04. The second-order valence-corrected chi connectivity index (χ2v) is 14.0. The second kappa shape index (κ2) is 12.2. The fourth-order valence-electron chi connectivity index (χ4n) is 7.36. The molecule has 3 heteroatoms. The molecular weight excluding hydrogens is 639 g/mol. The van der Waals surface area contributed by atoms with Gasteiger partial charge in [-0.2, -0.15) is 0 Å². The Morgan fingerprint density at radius 1 is 0.353 bits per heavy atom. The van der Waals surface area contributed by atoms with Crippen LogP contribution in [0.4, 0.5) is 17.1 Å². The third-order valence-corrected chi connectivity index (χ3v) is 11.0. The number of hydrogen-bond acceptors (Lipinski definition) is 3. The number of furan rings is 1. The molecule has 10 rings (SSSR count). The van der Waals surface area contributed by atoms with Crippen LogP contribution in [0.15, 0.2) is 192 Å². The van der Waals surface area contributed by atoms with E-state index in [1.54, 1.807) is 0 Å². The molecule has 0 saturated carbocycles. The van der Waals surface area contributed by atoms with Gasteiger partial charge in [-0.25, -0.2) is 0 Å². The largest absolute Gasteiger partial charge is 0.456 e. The van der Waals surface area contributed by atoms with E-state index < -0.39 is 0 Å². The summed E-state index contributed by atoms with van der Waals surface area (Å²) in [5.41, 5.74) is 12.3. The minimum Gasteiger partial charge on any atom is -0.456 e. The zero-order valence-electron chi connectivity index (χ0n) is 27.7. The fourth-order valence-corrected chi connectivity index (χ4v) is 8.48. The van der Waals surface area contributed by atoms with Crippen LogP contribution in [0, 0.1) is 0 Å². The van der Waals surface area contributed by atoms with Crippen LogP contribution in [0.25, 0.3) is 75.5 Å². The number of benzene rings is 8. The molecule has 0 radical (unpaired) electrons. The van der Waals surface area contributed by atoms with Crippen LogP contribution < -0.4 is 4.90 Å². The molecule has 0 aliphatic rings. The SMILES string of the molecule is c1ccc(-c2ccc(-c3ccc(N(c4ccccc4)c4cc5sc6ccccc6c5cc4-c4ccc5oc6ccccc6c5c4)cc3)cc2)cc1. The van der Waals surface area contributed by atoms with Gasteiger partial charge in [-0.1, -0.05) is 127 Å². The minimum absolute atomic E-state index is 0.899. The van der Waals surface area contributed by atoms with Crippen LogP contribution in [-0.2, 0) is 0 Å². The van der Waals surface area contributed by atoms with Crippen LogP contribution in [-0.4, -0.2) is 0 Å². The van der Waals surface area contributed by atoms with Crippen molar-refractivity contribution in [2.24, 2.45) is 0 Å². The van der Waals surface area contributed by atoms with Gasteiger partial charge in [0.15, 0.2) is 0 Å². The summed E-state index contributed by atoms with van der Waals surface area (Å²) in [7, 11) is 0. The van der Waals surface area contributed by atoms with Crippen molar-refractivity contribution in [3.8, 4) is 33.4 Å². The van der Waals surface area contributed by atoms with E-state index in [9.17, 15) is 0 Å². The molecule has 240 valence electrons. The number of thiophene rings is 1. The number of nitrogens with zero attached hydrogens (tertiary/aromatic N) is 1. The molecule has 2 heterocycles. The Balaban J connectivity index is 1.15. The smallest absolute Gasteiger partial charge is 0.135 e. The summed E-state index contributed by atoms with van der Waals surface area (Å²) < 4.78 is 8.80. The van der Waals surface area contributed by atoms with E-state index in [2.05, 4.69) is 181 Å². The van der Waals surface area contributed by atoms with Crippen LogP contribution in [0.2, 0.25) is 0 Å². The van der Waals surface area contributed by atoms with Crippen LogP contribution in [0.1, 0.15) is 0 Å². The summed E-state index contributed by atoms with van der Waals surface area (Å²) in [6, 6.07) is 67.5. The van der Waals surface area contributed by atoms with Gasteiger partial charge in [0.25, 0.3) is 0 Å². The molecule has 0 atom stereocenters. The summed E-state index contributed by atoms with van der Waals surface area (Å²) in [5.74, 6) is 0. The highest BCUT2D eigenvalue weighted by atomic mass is 32.1. The lowest BCUT2D eigenvalue weighted by atomic mass is 9.97. The maximum atomic E-state index is 6.24. The maximum absolute atomic E-state index is 6.24. The summed E-state index contributed by atoms with van der Waals surface area (Å²) in [6.07, 6.45) is 0. The summed E-state index contributed by atoms with van der Waals surface area (Å²) >= 11 is 1.85. The molecule has 2 aromatic heterocycles. The van der Waals surface area contributed by atoms with Gasteiger partial charge in [0, 0.05) is 47.9 Å². The first-order chi connectivity index (χ1) is 25.3. The lowest BCUT2D eigenvalue weighted by Gasteiger charge is -2.28. The molecule has 2 nitrogen and oxygen atoms in total. The number of para-hydroxylation sites is 2. The molecule has 0 spiro atoms. The first-order valence-electron chi connectivity index (χ1n) is 17.2. The monoisotopic (exact) mass is 669 g/mol. The van der Waals surface area contributed by atoms with Crippen LogP contribution in [0.3, 0.4) is 0 Å². The highest BCUT2D eigenvalue weighted by Crippen LogP contribution is 2.47. The lowest BCUT2D eigenvalue weighted by Crippen LogP contribution is -2.11. The minimum atomic E-state index is 0.899. The van der Waals surface area contributed by atoms with E-state index in [-0.39, 0.29) is 0 Å². The van der Waals surface area contributed by atoms with Crippen LogP contribution >= 0.6 is 11.3 Å². The Hall–Kier alpha value is -6.42.